The number of fused-ring (bicyclic) bond motifs is 1. The number of aromatic nitrogens is 5. The fourth-order valence-corrected chi connectivity index (χ4v) is 6.58. The summed E-state index contributed by atoms with van der Waals surface area (Å²) in [6.07, 6.45) is -7.26. The second-order valence-corrected chi connectivity index (χ2v) is 12.6. The fourth-order valence-electron chi connectivity index (χ4n) is 4.56. The van der Waals surface area contributed by atoms with Crippen LogP contribution in [0.15, 0.2) is 37.2 Å². The normalized spacial score (nSPS) is 31.6. The number of carbonyl (C=O) groups is 1. The first-order valence-electron chi connectivity index (χ1n) is 12.6. The molecule has 2 saturated heterocycles. The molecule has 3 aromatic rings. The third kappa shape index (κ3) is 6.65. The van der Waals surface area contributed by atoms with Gasteiger partial charge in [0, 0.05) is 6.07 Å². The lowest BCUT2D eigenvalue weighted by Crippen LogP contribution is -2.46. The number of nitrogens with two attached hydrogens (primary N) is 2. The number of pyridine rings is 1. The molecule has 2 aliphatic rings. The third-order valence-electron chi connectivity index (χ3n) is 6.73. The van der Waals surface area contributed by atoms with E-state index in [1.54, 1.807) is 0 Å². The summed E-state index contributed by atoms with van der Waals surface area (Å²) in [6.45, 7) is -1.98. The van der Waals surface area contributed by atoms with Crippen molar-refractivity contribution in [2.45, 2.75) is 49.1 Å². The van der Waals surface area contributed by atoms with Crippen LogP contribution in [0.5, 0.6) is 0 Å². The van der Waals surface area contributed by atoms with Crippen LogP contribution < -0.4 is 25.8 Å². The minimum absolute atomic E-state index is 0.0363. The molecule has 5 rings (SSSR count). The Kier molecular flexibility index (Phi) is 9.13. The lowest BCUT2D eigenvalue weighted by Gasteiger charge is -2.31. The van der Waals surface area contributed by atoms with E-state index in [1.807, 2.05) is 0 Å². The highest BCUT2D eigenvalue weighted by Gasteiger charge is 2.49. The number of aliphatic hydroxyl groups is 4. The van der Waals surface area contributed by atoms with Crippen LogP contribution in [0.3, 0.4) is 0 Å². The standard InChI is InChI=1S/C21H27N7O14P2/c22-17-12-19(25-7-24-17)28(8-26-12)21-16(32)14(30)11(41-21)6-39-44(36,37)42-43(34,35)38-5-10-13(29)15(31)20(40-10)27-3-1-2-9(4-27)18(23)33/h1-4,7-8,10-11,13-16,20-21,29-32H,5-6H2,(H5-,22,23,24,25,33,34,35,36,37)/p-1/t10-,11+,13?,14?,15?,16?,20-,21+/m0/s1. The van der Waals surface area contributed by atoms with Crippen molar-refractivity contribution >= 4 is 38.5 Å². The number of ether oxygens (including phenoxy) is 2. The number of amides is 1. The van der Waals surface area contributed by atoms with Crippen LogP contribution in [0.4, 0.5) is 5.82 Å². The van der Waals surface area contributed by atoms with Crippen LogP contribution in [0, 0.1) is 0 Å². The van der Waals surface area contributed by atoms with E-state index in [4.69, 9.17) is 20.9 Å². The van der Waals surface area contributed by atoms with Crippen molar-refractivity contribution in [3.05, 3.63) is 42.7 Å². The average molecular weight is 662 g/mol. The van der Waals surface area contributed by atoms with Gasteiger partial charge in [0.1, 0.15) is 47.9 Å². The molecule has 0 saturated carbocycles. The quantitative estimate of drug-likeness (QED) is 0.0835. The molecule has 3 aromatic heterocycles. The number of phosphoric acid groups is 2. The highest BCUT2D eigenvalue weighted by Crippen LogP contribution is 2.56. The molecule has 44 heavy (non-hydrogen) atoms. The number of imidazole rings is 1. The molecule has 10 atom stereocenters. The zero-order valence-corrected chi connectivity index (χ0v) is 23.9. The summed E-state index contributed by atoms with van der Waals surface area (Å²) in [5.74, 6) is -0.743. The van der Waals surface area contributed by atoms with Gasteiger partial charge < -0.3 is 60.2 Å². The van der Waals surface area contributed by atoms with E-state index in [9.17, 15) is 44.1 Å². The van der Waals surface area contributed by atoms with Gasteiger partial charge >= 0.3 is 0 Å². The van der Waals surface area contributed by atoms with Crippen LogP contribution in [0.1, 0.15) is 22.8 Å². The number of hydrogen-bond donors (Lipinski definition) is 6. The number of hydrogen-bond acceptors (Lipinski definition) is 18. The highest BCUT2D eigenvalue weighted by molar-refractivity contribution is 7.59. The predicted molar refractivity (Wildman–Crippen MR) is 135 cm³/mol. The van der Waals surface area contributed by atoms with Gasteiger partial charge in [0.15, 0.2) is 36.2 Å². The number of aliphatic hydroxyl groups excluding tert-OH is 4. The molecule has 5 heterocycles. The molecule has 0 spiro atoms. The summed E-state index contributed by atoms with van der Waals surface area (Å²) >= 11 is 0. The Hall–Kier alpha value is -3.01. The van der Waals surface area contributed by atoms with E-state index in [1.165, 1.54) is 40.0 Å². The molecule has 240 valence electrons. The van der Waals surface area contributed by atoms with Crippen LogP contribution in [0.2, 0.25) is 0 Å². The third-order valence-corrected chi connectivity index (χ3v) is 9.26. The van der Waals surface area contributed by atoms with Crippen molar-refractivity contribution in [3.63, 3.8) is 0 Å². The monoisotopic (exact) mass is 662 g/mol. The molecule has 8 N–H and O–H groups in total. The van der Waals surface area contributed by atoms with Crippen molar-refractivity contribution in [1.29, 1.82) is 0 Å². The zero-order chi connectivity index (χ0) is 32.0. The summed E-state index contributed by atoms with van der Waals surface area (Å²) in [4.78, 5) is 47.8. The first-order chi connectivity index (χ1) is 20.7. The van der Waals surface area contributed by atoms with Crippen molar-refractivity contribution in [3.8, 4) is 0 Å². The number of phosphoric ester groups is 2. The van der Waals surface area contributed by atoms with Gasteiger partial charge in [-0.3, -0.25) is 18.5 Å². The van der Waals surface area contributed by atoms with Gasteiger partial charge in [-0.2, -0.15) is 4.57 Å². The maximum Gasteiger partial charge on any atom is 0.292 e. The summed E-state index contributed by atoms with van der Waals surface area (Å²) in [5, 5.41) is 41.5. The molecular formula is C21H26N7O14P2-. The van der Waals surface area contributed by atoms with Gasteiger partial charge in [0.25, 0.3) is 27.8 Å². The van der Waals surface area contributed by atoms with Crippen molar-refractivity contribution in [2.24, 2.45) is 5.73 Å². The van der Waals surface area contributed by atoms with Crippen LogP contribution in [-0.4, -0.2) is 95.7 Å². The van der Waals surface area contributed by atoms with E-state index in [2.05, 4.69) is 28.3 Å². The summed E-state index contributed by atoms with van der Waals surface area (Å²) < 4.78 is 51.1. The Balaban J connectivity index is 1.16. The van der Waals surface area contributed by atoms with Gasteiger partial charge in [-0.1, -0.05) is 0 Å². The number of nitrogens with zero attached hydrogens (tertiary/aromatic N) is 5. The number of nitrogen functional groups attached to an aromatic ring is 1. The molecule has 23 heteroatoms. The van der Waals surface area contributed by atoms with E-state index < -0.39 is 83.8 Å². The van der Waals surface area contributed by atoms with E-state index in [0.29, 0.717) is 0 Å². The summed E-state index contributed by atoms with van der Waals surface area (Å²) in [7, 11) is -11.4. The zero-order valence-electron chi connectivity index (χ0n) is 22.2. The van der Waals surface area contributed by atoms with E-state index in [-0.39, 0.29) is 22.5 Å². The largest absolute Gasteiger partial charge is 0.756 e. The molecule has 6 unspecified atom stereocenters. The molecule has 0 aromatic carbocycles. The lowest BCUT2D eigenvalue weighted by atomic mass is 10.1. The maximum atomic E-state index is 12.3. The molecule has 0 radical (unpaired) electrons. The summed E-state index contributed by atoms with van der Waals surface area (Å²) in [6, 6.07) is 2.80. The highest BCUT2D eigenvalue weighted by atomic mass is 31.3. The Morgan fingerprint density at radius 2 is 1.64 bits per heavy atom. The van der Waals surface area contributed by atoms with Crippen molar-refractivity contribution in [2.75, 3.05) is 18.9 Å². The second kappa shape index (κ2) is 12.4. The van der Waals surface area contributed by atoms with Crippen LogP contribution in [-0.2, 0) is 32.0 Å². The first-order valence-corrected chi connectivity index (χ1v) is 15.5. The fraction of sp³-hybridized carbons (Fsp3) is 0.476. The van der Waals surface area contributed by atoms with E-state index in [0.717, 1.165) is 6.33 Å². The van der Waals surface area contributed by atoms with Gasteiger partial charge in [-0.05, 0) is 6.07 Å². The summed E-state index contributed by atoms with van der Waals surface area (Å²) in [5.41, 5.74) is 11.3. The number of carbonyl (C=O) groups excluding carboxylic acids is 1. The van der Waals surface area contributed by atoms with Gasteiger partial charge in [0.05, 0.1) is 19.5 Å². The van der Waals surface area contributed by atoms with E-state index >= 15 is 0 Å². The van der Waals surface area contributed by atoms with Crippen molar-refractivity contribution in [1.82, 2.24) is 19.5 Å². The van der Waals surface area contributed by atoms with Gasteiger partial charge in [-0.15, -0.1) is 0 Å². The number of rotatable bonds is 11. The second-order valence-electron chi connectivity index (χ2n) is 9.65. The minimum Gasteiger partial charge on any atom is -0.756 e. The van der Waals surface area contributed by atoms with Crippen LogP contribution in [0.25, 0.3) is 11.2 Å². The number of primary amides is 1. The Bertz CT molecular complexity index is 1630. The SMILES string of the molecule is NC(=O)c1ccc[n+]([C@H]2O[C@@H](COP(=O)([O-])OP(=O)([O-])OC[C@H]3O[C@@H](n4cnc5c(N)ncnc54)C(O)C3O)C(O)C2O)c1. The molecular weight excluding hydrogens is 636 g/mol. The molecule has 0 aliphatic carbocycles. The Morgan fingerprint density at radius 1 is 1.00 bits per heavy atom. The molecule has 0 bridgehead atoms. The smallest absolute Gasteiger partial charge is 0.292 e. The van der Waals surface area contributed by atoms with Gasteiger partial charge in [-0.25, -0.2) is 19.3 Å². The molecule has 1 amide bonds. The Morgan fingerprint density at radius 3 is 2.30 bits per heavy atom. The Labute approximate surface area is 246 Å². The molecule has 2 aliphatic heterocycles. The van der Waals surface area contributed by atoms with Crippen LogP contribution >= 0.6 is 15.6 Å². The van der Waals surface area contributed by atoms with Crippen molar-refractivity contribution < 1.29 is 71.5 Å². The number of anilines is 1. The van der Waals surface area contributed by atoms with Gasteiger partial charge in [0.2, 0.25) is 0 Å². The minimum atomic E-state index is -5.68. The predicted octanol–water partition coefficient (Wildman–Crippen LogP) is -4.28. The maximum absolute atomic E-state index is 12.3. The lowest BCUT2D eigenvalue weighted by molar-refractivity contribution is -0.765. The average Bonchev–Trinajstić information content (AvgIpc) is 3.61. The molecule has 21 nitrogen and oxygen atoms in total. The topological polar surface area (TPSA) is 324 Å². The molecule has 2 fully saturated rings. The first kappa shape index (κ1) is 32.4.